The average Bonchev–Trinajstić information content (AvgIpc) is 2.49. The lowest BCUT2D eigenvalue weighted by molar-refractivity contribution is -0.208. The molecule has 0 spiro atoms. The van der Waals surface area contributed by atoms with Crippen LogP contribution in [0.5, 0.6) is 5.88 Å². The molecule has 1 aromatic rings. The summed E-state index contributed by atoms with van der Waals surface area (Å²) in [6.07, 6.45) is -3.88. The second-order valence-electron chi connectivity index (χ2n) is 6.00. The molecule has 0 bridgehead atoms. The quantitative estimate of drug-likeness (QED) is 0.894. The van der Waals surface area contributed by atoms with Crippen LogP contribution >= 0.6 is 0 Å². The maximum absolute atomic E-state index is 12.4. The van der Waals surface area contributed by atoms with Crippen molar-refractivity contribution in [2.24, 2.45) is 5.92 Å². The van der Waals surface area contributed by atoms with E-state index in [9.17, 15) is 13.2 Å². The summed E-state index contributed by atoms with van der Waals surface area (Å²) < 4.78 is 42.8. The van der Waals surface area contributed by atoms with Gasteiger partial charge in [0.05, 0.1) is 6.61 Å². The third-order valence-corrected chi connectivity index (χ3v) is 4.26. The van der Waals surface area contributed by atoms with Crippen LogP contribution in [0.3, 0.4) is 0 Å². The molecule has 0 radical (unpaired) electrons. The van der Waals surface area contributed by atoms with E-state index in [1.54, 1.807) is 4.90 Å². The van der Waals surface area contributed by atoms with E-state index in [-0.39, 0.29) is 12.5 Å². The zero-order valence-corrected chi connectivity index (χ0v) is 13.3. The minimum Gasteiger partial charge on any atom is -0.477 e. The van der Waals surface area contributed by atoms with Crippen molar-refractivity contribution in [2.75, 3.05) is 26.2 Å². The van der Waals surface area contributed by atoms with Crippen molar-refractivity contribution in [1.82, 2.24) is 14.9 Å². The Balaban J connectivity index is 1.76. The minimum absolute atomic E-state index is 0.281. The summed E-state index contributed by atoms with van der Waals surface area (Å²) >= 11 is 0. The van der Waals surface area contributed by atoms with Crippen molar-refractivity contribution in [1.29, 1.82) is 0 Å². The first-order valence-corrected chi connectivity index (χ1v) is 7.65. The molecule has 1 aromatic heterocycles. The summed E-state index contributed by atoms with van der Waals surface area (Å²) in [5.74, 6) is 0.844. The smallest absolute Gasteiger partial charge is 0.415 e. The number of ether oxygens (including phenoxy) is 1. The van der Waals surface area contributed by atoms with Crippen LogP contribution in [0.2, 0.25) is 0 Å². The number of aliphatic hydroxyl groups is 1. The largest absolute Gasteiger partial charge is 0.477 e. The summed E-state index contributed by atoms with van der Waals surface area (Å²) in [5.41, 5.74) is 1.77. The predicted octanol–water partition coefficient (Wildman–Crippen LogP) is 2.11. The Morgan fingerprint density at radius 3 is 2.57 bits per heavy atom. The summed E-state index contributed by atoms with van der Waals surface area (Å²) in [7, 11) is 0. The maximum Gasteiger partial charge on any atom is 0.415 e. The highest BCUT2D eigenvalue weighted by molar-refractivity contribution is 5.26. The van der Waals surface area contributed by atoms with Crippen molar-refractivity contribution < 1.29 is 23.0 Å². The third kappa shape index (κ3) is 5.04. The number of nitrogens with zero attached hydrogens (tertiary/aromatic N) is 3. The van der Waals surface area contributed by atoms with Gasteiger partial charge >= 0.3 is 6.18 Å². The van der Waals surface area contributed by atoms with E-state index in [1.807, 2.05) is 13.8 Å². The van der Waals surface area contributed by atoms with Crippen molar-refractivity contribution in [3.05, 3.63) is 17.6 Å². The Kier molecular flexibility index (Phi) is 5.80. The average molecular weight is 333 g/mol. The Labute approximate surface area is 133 Å². The van der Waals surface area contributed by atoms with Gasteiger partial charge in [0.1, 0.15) is 6.33 Å². The zero-order chi connectivity index (χ0) is 17.0. The van der Waals surface area contributed by atoms with E-state index >= 15 is 0 Å². The van der Waals surface area contributed by atoms with Crippen molar-refractivity contribution in [3.63, 3.8) is 0 Å². The molecular weight excluding hydrogens is 311 g/mol. The summed E-state index contributed by atoms with van der Waals surface area (Å²) in [4.78, 5) is 9.83. The van der Waals surface area contributed by atoms with Gasteiger partial charge in [-0.2, -0.15) is 13.2 Å². The van der Waals surface area contributed by atoms with Crippen molar-refractivity contribution in [3.8, 4) is 5.88 Å². The van der Waals surface area contributed by atoms with Crippen LogP contribution in [0.4, 0.5) is 13.2 Å². The number of hydrogen-bond acceptors (Lipinski definition) is 5. The second kappa shape index (κ2) is 7.44. The molecule has 0 unspecified atom stereocenters. The van der Waals surface area contributed by atoms with Crippen molar-refractivity contribution >= 4 is 0 Å². The van der Waals surface area contributed by atoms with Crippen LogP contribution in [0.1, 0.15) is 24.1 Å². The minimum atomic E-state index is -4.55. The first-order chi connectivity index (χ1) is 10.8. The summed E-state index contributed by atoms with van der Waals surface area (Å²) in [6.45, 7) is 4.97. The lowest BCUT2D eigenvalue weighted by Crippen LogP contribution is -2.44. The molecule has 2 rings (SSSR count). The Morgan fingerprint density at radius 2 is 1.96 bits per heavy atom. The van der Waals surface area contributed by atoms with Gasteiger partial charge in [0.25, 0.3) is 0 Å². The van der Waals surface area contributed by atoms with Crippen LogP contribution in [0.15, 0.2) is 6.33 Å². The molecule has 1 fully saturated rings. The number of piperidine rings is 1. The monoisotopic (exact) mass is 333 g/mol. The number of aryl methyl sites for hydroxylation is 1. The van der Waals surface area contributed by atoms with Gasteiger partial charge in [0.2, 0.25) is 5.88 Å². The fraction of sp³-hybridized carbons (Fsp3) is 0.733. The number of halogens is 3. The van der Waals surface area contributed by atoms with Gasteiger partial charge in [0, 0.05) is 17.8 Å². The number of alkyl halides is 3. The van der Waals surface area contributed by atoms with E-state index in [1.165, 1.54) is 6.33 Å². The molecule has 2 heterocycles. The SMILES string of the molecule is Cc1ncnc(OCC2CCN(C[C@H](O)C(F)(F)F)CC2)c1C. The lowest BCUT2D eigenvalue weighted by atomic mass is 9.97. The van der Waals surface area contributed by atoms with Gasteiger partial charge in [-0.05, 0) is 45.7 Å². The van der Waals surface area contributed by atoms with Crippen LogP contribution in [0.25, 0.3) is 0 Å². The molecule has 0 amide bonds. The van der Waals surface area contributed by atoms with Gasteiger partial charge < -0.3 is 14.7 Å². The molecule has 1 aliphatic heterocycles. The van der Waals surface area contributed by atoms with Crippen LogP contribution < -0.4 is 4.74 Å². The van der Waals surface area contributed by atoms with Gasteiger partial charge in [-0.25, -0.2) is 9.97 Å². The number of likely N-dealkylation sites (tertiary alicyclic amines) is 1. The van der Waals surface area contributed by atoms with E-state index < -0.39 is 12.3 Å². The fourth-order valence-electron chi connectivity index (χ4n) is 2.54. The molecule has 1 saturated heterocycles. The first-order valence-electron chi connectivity index (χ1n) is 7.65. The molecule has 0 aliphatic carbocycles. The number of hydrogen-bond donors (Lipinski definition) is 1. The Bertz CT molecular complexity index is 517. The Morgan fingerprint density at radius 1 is 1.30 bits per heavy atom. The molecule has 1 atom stereocenters. The van der Waals surface area contributed by atoms with E-state index in [4.69, 9.17) is 9.84 Å². The molecule has 130 valence electrons. The highest BCUT2D eigenvalue weighted by atomic mass is 19.4. The lowest BCUT2D eigenvalue weighted by Gasteiger charge is -2.33. The van der Waals surface area contributed by atoms with Gasteiger partial charge in [-0.3, -0.25) is 0 Å². The zero-order valence-electron chi connectivity index (χ0n) is 13.3. The van der Waals surface area contributed by atoms with Gasteiger partial charge in [-0.15, -0.1) is 0 Å². The molecule has 1 aliphatic rings. The van der Waals surface area contributed by atoms with Crippen LogP contribution in [-0.4, -0.2) is 58.5 Å². The van der Waals surface area contributed by atoms with E-state index in [0.717, 1.165) is 24.1 Å². The number of rotatable bonds is 5. The second-order valence-corrected chi connectivity index (χ2v) is 6.00. The van der Waals surface area contributed by atoms with Gasteiger partial charge in [0.15, 0.2) is 6.10 Å². The standard InChI is InChI=1S/C15H22F3N3O2/c1-10-11(2)19-9-20-14(10)23-8-12-3-5-21(6-4-12)7-13(22)15(16,17)18/h9,12-13,22H,3-8H2,1-2H3/t13-/m0/s1. The number of aliphatic hydroxyl groups excluding tert-OH is 1. The molecule has 23 heavy (non-hydrogen) atoms. The number of aromatic nitrogens is 2. The maximum atomic E-state index is 12.4. The molecule has 8 heteroatoms. The molecule has 0 aromatic carbocycles. The first kappa shape index (κ1) is 17.9. The Hall–Kier alpha value is -1.41. The highest BCUT2D eigenvalue weighted by Gasteiger charge is 2.39. The molecular formula is C15H22F3N3O2. The van der Waals surface area contributed by atoms with Crippen LogP contribution in [0, 0.1) is 19.8 Å². The fourth-order valence-corrected chi connectivity index (χ4v) is 2.54. The molecule has 0 saturated carbocycles. The summed E-state index contributed by atoms with van der Waals surface area (Å²) in [5, 5.41) is 9.11. The predicted molar refractivity (Wildman–Crippen MR) is 78.2 cm³/mol. The highest BCUT2D eigenvalue weighted by Crippen LogP contribution is 2.24. The van der Waals surface area contributed by atoms with E-state index in [0.29, 0.717) is 25.6 Å². The van der Waals surface area contributed by atoms with E-state index in [2.05, 4.69) is 9.97 Å². The van der Waals surface area contributed by atoms with Crippen LogP contribution in [-0.2, 0) is 0 Å². The molecule has 5 nitrogen and oxygen atoms in total. The number of β-amino-alcohol motifs (C(OH)–C–C–N with tert-alkyl or cyclic N) is 1. The topological polar surface area (TPSA) is 58.5 Å². The third-order valence-electron chi connectivity index (χ3n) is 4.26. The normalized spacial score (nSPS) is 18.9. The van der Waals surface area contributed by atoms with Crippen molar-refractivity contribution in [2.45, 2.75) is 39.0 Å². The molecule has 1 N–H and O–H groups in total. The van der Waals surface area contributed by atoms with Gasteiger partial charge in [-0.1, -0.05) is 0 Å². The summed E-state index contributed by atoms with van der Waals surface area (Å²) in [6, 6.07) is 0.